The summed E-state index contributed by atoms with van der Waals surface area (Å²) in [7, 11) is 0. The van der Waals surface area contributed by atoms with Crippen LogP contribution in [-0.2, 0) is 4.79 Å². The molecule has 0 aliphatic carbocycles. The Bertz CT molecular complexity index is 303. The van der Waals surface area contributed by atoms with Crippen molar-refractivity contribution in [2.75, 3.05) is 0 Å². The van der Waals surface area contributed by atoms with Crippen molar-refractivity contribution in [3.8, 4) is 0 Å². The van der Waals surface area contributed by atoms with Gasteiger partial charge < -0.3 is 5.11 Å². The van der Waals surface area contributed by atoms with Crippen LogP contribution in [0.2, 0.25) is 0 Å². The fraction of sp³-hybridized carbons (Fsp3) is 0.500. The molecular formula is C14H20Br2O2. The first-order valence-electron chi connectivity index (χ1n) is 6.17. The summed E-state index contributed by atoms with van der Waals surface area (Å²) in [6.45, 7) is 0. The van der Waals surface area contributed by atoms with Gasteiger partial charge in [-0.05, 0) is 64.0 Å². The highest BCUT2D eigenvalue weighted by molar-refractivity contribution is 9.28. The van der Waals surface area contributed by atoms with Crippen molar-refractivity contribution in [3.63, 3.8) is 0 Å². The molecule has 0 aliphatic rings. The number of carbonyl (C=O) groups is 1. The molecule has 0 aromatic rings. The van der Waals surface area contributed by atoms with Crippen LogP contribution in [0.25, 0.3) is 0 Å². The minimum Gasteiger partial charge on any atom is -0.481 e. The Morgan fingerprint density at radius 2 is 1.56 bits per heavy atom. The molecule has 0 aromatic carbocycles. The minimum absolute atomic E-state index is 0.209. The zero-order chi connectivity index (χ0) is 13.6. The molecule has 1 N–H and O–H groups in total. The summed E-state index contributed by atoms with van der Waals surface area (Å²) in [6, 6.07) is 0. The lowest BCUT2D eigenvalue weighted by molar-refractivity contribution is -0.136. The number of carboxylic acids is 1. The molecule has 0 unspecified atom stereocenters. The van der Waals surface area contributed by atoms with Crippen molar-refractivity contribution >= 4 is 37.8 Å². The number of rotatable bonds is 10. The van der Waals surface area contributed by atoms with Crippen LogP contribution in [0.5, 0.6) is 0 Å². The molecule has 0 radical (unpaired) electrons. The van der Waals surface area contributed by atoms with Gasteiger partial charge in [-0.3, -0.25) is 4.79 Å². The van der Waals surface area contributed by atoms with E-state index >= 15 is 0 Å². The third-order valence-corrected chi connectivity index (χ3v) is 2.93. The summed E-state index contributed by atoms with van der Waals surface area (Å²) in [5, 5.41) is 8.43. The minimum atomic E-state index is -0.743. The maximum Gasteiger partial charge on any atom is 0.303 e. The molecule has 18 heavy (non-hydrogen) atoms. The second-order valence-corrected chi connectivity index (χ2v) is 6.69. The third kappa shape index (κ3) is 15.6. The average Bonchev–Trinajstić information content (AvgIpc) is 2.29. The van der Waals surface area contributed by atoms with Crippen LogP contribution in [-0.4, -0.2) is 11.1 Å². The molecule has 0 aliphatic heterocycles. The number of allylic oxidation sites excluding steroid dienone is 5. The zero-order valence-corrected chi connectivity index (χ0v) is 13.6. The molecule has 4 heteroatoms. The Hall–Kier alpha value is -0.350. The molecule has 0 fully saturated rings. The summed E-state index contributed by atoms with van der Waals surface area (Å²) in [4.78, 5) is 10.2. The van der Waals surface area contributed by atoms with Crippen molar-refractivity contribution in [2.45, 2.75) is 44.9 Å². The van der Waals surface area contributed by atoms with E-state index in [-0.39, 0.29) is 6.42 Å². The lowest BCUT2D eigenvalue weighted by atomic mass is 10.1. The number of halogens is 2. The van der Waals surface area contributed by atoms with E-state index in [2.05, 4.69) is 44.0 Å². The Labute approximate surface area is 126 Å². The van der Waals surface area contributed by atoms with Gasteiger partial charge in [0.25, 0.3) is 0 Å². The van der Waals surface area contributed by atoms with Crippen molar-refractivity contribution in [3.05, 3.63) is 33.8 Å². The number of unbranched alkanes of at least 4 members (excludes halogenated alkanes) is 4. The molecule has 0 spiro atoms. The second kappa shape index (κ2) is 13.1. The fourth-order valence-electron chi connectivity index (χ4n) is 1.35. The van der Waals surface area contributed by atoms with Crippen molar-refractivity contribution in [1.82, 2.24) is 0 Å². The molecule has 0 bridgehead atoms. The summed E-state index contributed by atoms with van der Waals surface area (Å²) in [5.41, 5.74) is 0. The second-order valence-electron chi connectivity index (χ2n) is 3.92. The van der Waals surface area contributed by atoms with Crippen molar-refractivity contribution in [1.29, 1.82) is 0 Å². The van der Waals surface area contributed by atoms with E-state index in [1.807, 2.05) is 18.2 Å². The van der Waals surface area contributed by atoms with Gasteiger partial charge in [0.15, 0.2) is 0 Å². The highest BCUT2D eigenvalue weighted by Gasteiger charge is 1.90. The topological polar surface area (TPSA) is 37.3 Å². The van der Waals surface area contributed by atoms with Crippen LogP contribution in [0.15, 0.2) is 33.8 Å². The molecule has 102 valence electrons. The molecule has 0 rings (SSSR count). The monoisotopic (exact) mass is 378 g/mol. The lowest BCUT2D eigenvalue weighted by Gasteiger charge is -1.94. The summed E-state index contributed by atoms with van der Waals surface area (Å²) in [5.74, 6) is -0.743. The third-order valence-electron chi connectivity index (χ3n) is 2.28. The Morgan fingerprint density at radius 1 is 0.944 bits per heavy atom. The molecule has 0 aromatic heterocycles. The lowest BCUT2D eigenvalue weighted by Crippen LogP contribution is -1.91. The number of aliphatic carboxylic acids is 1. The number of hydrogen-bond donors (Lipinski definition) is 1. The molecule has 2 nitrogen and oxygen atoms in total. The molecular weight excluding hydrogens is 360 g/mol. The quantitative estimate of drug-likeness (QED) is 0.399. The van der Waals surface area contributed by atoms with Gasteiger partial charge in [-0.25, -0.2) is 0 Å². The summed E-state index contributed by atoms with van der Waals surface area (Å²) >= 11 is 6.66. The van der Waals surface area contributed by atoms with Crippen LogP contribution in [0, 0.1) is 0 Å². The Kier molecular flexibility index (Phi) is 12.8. The van der Waals surface area contributed by atoms with Gasteiger partial charge in [-0.2, -0.15) is 0 Å². The van der Waals surface area contributed by atoms with Crippen LogP contribution in [0.1, 0.15) is 44.9 Å². The Balaban J connectivity index is 3.33. The first kappa shape index (κ1) is 17.6. The first-order chi connectivity index (χ1) is 8.63. The van der Waals surface area contributed by atoms with Gasteiger partial charge in [-0.1, -0.05) is 36.8 Å². The van der Waals surface area contributed by atoms with Crippen LogP contribution >= 0.6 is 31.9 Å². The van der Waals surface area contributed by atoms with Gasteiger partial charge >= 0.3 is 5.97 Å². The maximum absolute atomic E-state index is 10.2. The standard InChI is InChI=1S/C14H20Br2O2/c15-13(16)11-9-7-5-3-1-2-4-6-8-10-12-14(17)18/h2,4,6,8,11H,1,3,5,7,9-10,12H2,(H,17,18)/b4-2+,8-6+. The van der Waals surface area contributed by atoms with Crippen LogP contribution in [0.4, 0.5) is 0 Å². The maximum atomic E-state index is 10.2. The normalized spacial score (nSPS) is 11.2. The van der Waals surface area contributed by atoms with E-state index in [9.17, 15) is 4.79 Å². The van der Waals surface area contributed by atoms with Gasteiger partial charge in [0.2, 0.25) is 0 Å². The van der Waals surface area contributed by atoms with E-state index in [0.29, 0.717) is 6.42 Å². The van der Waals surface area contributed by atoms with Crippen LogP contribution < -0.4 is 0 Å². The highest BCUT2D eigenvalue weighted by Crippen LogP contribution is 2.15. The van der Waals surface area contributed by atoms with Gasteiger partial charge in [-0.15, -0.1) is 0 Å². The largest absolute Gasteiger partial charge is 0.481 e. The zero-order valence-electron chi connectivity index (χ0n) is 10.4. The predicted octanol–water partition coefficient (Wildman–Crippen LogP) is 5.55. The molecule has 0 saturated carbocycles. The van der Waals surface area contributed by atoms with Crippen molar-refractivity contribution < 1.29 is 9.90 Å². The van der Waals surface area contributed by atoms with E-state index in [1.54, 1.807) is 0 Å². The van der Waals surface area contributed by atoms with Crippen molar-refractivity contribution in [2.24, 2.45) is 0 Å². The molecule has 0 amide bonds. The van der Waals surface area contributed by atoms with E-state index in [4.69, 9.17) is 5.11 Å². The van der Waals surface area contributed by atoms with E-state index < -0.39 is 5.97 Å². The van der Waals surface area contributed by atoms with Gasteiger partial charge in [0.1, 0.15) is 0 Å². The van der Waals surface area contributed by atoms with E-state index in [1.165, 1.54) is 19.3 Å². The molecule has 0 heterocycles. The summed E-state index contributed by atoms with van der Waals surface area (Å²) in [6.07, 6.45) is 16.7. The molecule has 0 saturated heterocycles. The smallest absolute Gasteiger partial charge is 0.303 e. The predicted molar refractivity (Wildman–Crippen MR) is 84.2 cm³/mol. The SMILES string of the molecule is O=C(O)CC/C=C/C=C/CCCCCC=C(Br)Br. The Morgan fingerprint density at radius 3 is 2.17 bits per heavy atom. The number of hydrogen-bond acceptors (Lipinski definition) is 1. The first-order valence-corrected chi connectivity index (χ1v) is 7.76. The molecule has 0 atom stereocenters. The van der Waals surface area contributed by atoms with Gasteiger partial charge in [0, 0.05) is 6.42 Å². The van der Waals surface area contributed by atoms with E-state index in [0.717, 1.165) is 16.2 Å². The number of carboxylic acid groups (broad SMARTS) is 1. The highest BCUT2D eigenvalue weighted by atomic mass is 79.9. The summed E-state index contributed by atoms with van der Waals surface area (Å²) < 4.78 is 1.03. The average molecular weight is 380 g/mol. The van der Waals surface area contributed by atoms with Crippen LogP contribution in [0.3, 0.4) is 0 Å². The van der Waals surface area contributed by atoms with Gasteiger partial charge in [0.05, 0.1) is 3.39 Å². The fourth-order valence-corrected chi connectivity index (χ4v) is 1.81.